The highest BCUT2D eigenvalue weighted by molar-refractivity contribution is 6.88. The zero-order chi connectivity index (χ0) is 12.9. The number of amides is 1. The monoisotopic (exact) mass is 252 g/mol. The number of aromatic nitrogens is 1. The first-order valence-electron chi connectivity index (χ1n) is 5.65. The molecule has 0 spiro atoms. The molecule has 1 aromatic heterocycles. The van der Waals surface area contributed by atoms with Crippen LogP contribution in [0.1, 0.15) is 5.69 Å². The maximum Gasteiger partial charge on any atom is 0.246 e. The molecule has 0 aromatic carbocycles. The third kappa shape index (κ3) is 4.66. The van der Waals surface area contributed by atoms with E-state index in [0.717, 1.165) is 11.0 Å². The molecule has 0 fully saturated rings. The second-order valence-corrected chi connectivity index (χ2v) is 9.99. The molecular weight excluding hydrogens is 232 g/mol. The fraction of sp³-hybridized carbons (Fsp3) is 0.500. The van der Waals surface area contributed by atoms with Gasteiger partial charge in [0.25, 0.3) is 0 Å². The van der Waals surface area contributed by atoms with Crippen molar-refractivity contribution in [3.63, 3.8) is 0 Å². The van der Waals surface area contributed by atoms with Crippen LogP contribution in [0.25, 0.3) is 0 Å². The van der Waals surface area contributed by atoms with Gasteiger partial charge in [0.1, 0.15) is 14.7 Å². The first-order valence-corrected chi connectivity index (χ1v) is 9.15. The molecule has 0 aliphatic rings. The van der Waals surface area contributed by atoms with Crippen LogP contribution in [-0.2, 0) is 16.1 Å². The van der Waals surface area contributed by atoms with Gasteiger partial charge in [0.2, 0.25) is 5.91 Å². The Hall–Kier alpha value is -1.20. The van der Waals surface area contributed by atoms with Crippen LogP contribution in [0, 0.1) is 0 Å². The largest absolute Gasteiger partial charge is 0.375 e. The lowest BCUT2D eigenvalue weighted by Gasteiger charge is -2.16. The highest BCUT2D eigenvalue weighted by Crippen LogP contribution is 2.01. The second-order valence-electron chi connectivity index (χ2n) is 4.97. The Morgan fingerprint density at radius 3 is 2.71 bits per heavy atom. The number of carbonyl (C=O) groups is 1. The van der Waals surface area contributed by atoms with Gasteiger partial charge in [-0.05, 0) is 12.1 Å². The fourth-order valence-corrected chi connectivity index (χ4v) is 2.44. The topological polar surface area (TPSA) is 51.2 Å². The normalized spacial score (nSPS) is 11.3. The number of pyridine rings is 1. The molecule has 5 heteroatoms. The quantitative estimate of drug-likeness (QED) is 0.792. The molecule has 1 heterocycles. The van der Waals surface area contributed by atoms with E-state index in [2.05, 4.69) is 36.0 Å². The lowest BCUT2D eigenvalue weighted by Crippen LogP contribution is -2.40. The van der Waals surface area contributed by atoms with Crippen molar-refractivity contribution in [2.45, 2.75) is 26.2 Å². The minimum Gasteiger partial charge on any atom is -0.375 e. The lowest BCUT2D eigenvalue weighted by atomic mass is 10.3. The van der Waals surface area contributed by atoms with E-state index < -0.39 is 8.07 Å². The minimum absolute atomic E-state index is 0.0910. The summed E-state index contributed by atoms with van der Waals surface area (Å²) in [6.45, 7) is 7.31. The number of methoxy groups -OCH3 is 1. The van der Waals surface area contributed by atoms with E-state index in [1.54, 1.807) is 0 Å². The number of hydrogen-bond donors (Lipinski definition) is 1. The molecule has 1 aromatic rings. The van der Waals surface area contributed by atoms with Gasteiger partial charge in [-0.3, -0.25) is 9.78 Å². The molecule has 94 valence electrons. The van der Waals surface area contributed by atoms with Crippen molar-refractivity contribution >= 4 is 19.3 Å². The second kappa shape index (κ2) is 5.93. The van der Waals surface area contributed by atoms with Gasteiger partial charge >= 0.3 is 0 Å². The average molecular weight is 252 g/mol. The molecule has 0 unspecified atom stereocenters. The predicted molar refractivity (Wildman–Crippen MR) is 70.9 cm³/mol. The molecule has 1 amide bonds. The van der Waals surface area contributed by atoms with Crippen LogP contribution >= 0.6 is 0 Å². The Labute approximate surface area is 103 Å². The number of nitrogens with zero attached hydrogens (tertiary/aromatic N) is 1. The molecule has 0 saturated heterocycles. The standard InChI is InChI=1S/C12H20N2O2Si/c1-16-9-11(15)13-8-10-6-5-7-12(14-10)17(2,3)4/h5-7H,8-9H2,1-4H3,(H,13,15). The van der Waals surface area contributed by atoms with Crippen LogP contribution in [-0.4, -0.2) is 32.7 Å². The third-order valence-electron chi connectivity index (χ3n) is 2.32. The van der Waals surface area contributed by atoms with Gasteiger partial charge < -0.3 is 10.1 Å². The van der Waals surface area contributed by atoms with Crippen LogP contribution in [0.5, 0.6) is 0 Å². The zero-order valence-electron chi connectivity index (χ0n) is 10.9. The van der Waals surface area contributed by atoms with E-state index in [4.69, 9.17) is 4.74 Å². The van der Waals surface area contributed by atoms with Gasteiger partial charge in [0, 0.05) is 12.4 Å². The number of hydrogen-bond acceptors (Lipinski definition) is 3. The average Bonchev–Trinajstić information content (AvgIpc) is 2.26. The van der Waals surface area contributed by atoms with Crippen molar-refractivity contribution in [3.8, 4) is 0 Å². The lowest BCUT2D eigenvalue weighted by molar-refractivity contribution is -0.124. The van der Waals surface area contributed by atoms with E-state index in [0.29, 0.717) is 6.54 Å². The van der Waals surface area contributed by atoms with Crippen molar-refractivity contribution in [2.24, 2.45) is 0 Å². The predicted octanol–water partition coefficient (Wildman–Crippen LogP) is 0.889. The highest BCUT2D eigenvalue weighted by atomic mass is 28.3. The fourth-order valence-electron chi connectivity index (χ4n) is 1.37. The number of ether oxygens (including phenoxy) is 1. The summed E-state index contributed by atoms with van der Waals surface area (Å²) in [5.74, 6) is -0.118. The molecule has 0 aliphatic carbocycles. The van der Waals surface area contributed by atoms with Gasteiger partial charge in [-0.25, -0.2) is 0 Å². The number of rotatable bonds is 5. The first-order chi connectivity index (χ1) is 7.93. The maximum atomic E-state index is 11.2. The van der Waals surface area contributed by atoms with E-state index in [9.17, 15) is 4.79 Å². The summed E-state index contributed by atoms with van der Waals surface area (Å²) < 4.78 is 4.74. The van der Waals surface area contributed by atoms with Crippen molar-refractivity contribution in [2.75, 3.05) is 13.7 Å². The molecule has 17 heavy (non-hydrogen) atoms. The van der Waals surface area contributed by atoms with Gasteiger partial charge in [-0.2, -0.15) is 0 Å². The molecule has 0 bridgehead atoms. The maximum absolute atomic E-state index is 11.2. The Morgan fingerprint density at radius 1 is 1.41 bits per heavy atom. The number of nitrogens with one attached hydrogen (secondary N) is 1. The summed E-state index contributed by atoms with van der Waals surface area (Å²) in [5, 5.41) is 3.93. The summed E-state index contributed by atoms with van der Waals surface area (Å²) >= 11 is 0. The third-order valence-corrected chi connectivity index (χ3v) is 4.13. The molecule has 0 radical (unpaired) electrons. The molecule has 0 aliphatic heterocycles. The van der Waals surface area contributed by atoms with E-state index >= 15 is 0 Å². The van der Waals surface area contributed by atoms with Crippen molar-refractivity contribution in [1.82, 2.24) is 10.3 Å². The molecule has 1 N–H and O–H groups in total. The Balaban J connectivity index is 2.64. The minimum atomic E-state index is -1.38. The van der Waals surface area contributed by atoms with Crippen LogP contribution in [0.4, 0.5) is 0 Å². The van der Waals surface area contributed by atoms with Crippen molar-refractivity contribution < 1.29 is 9.53 Å². The SMILES string of the molecule is COCC(=O)NCc1cccc([Si](C)(C)C)n1. The number of carbonyl (C=O) groups excluding carboxylic acids is 1. The van der Waals surface area contributed by atoms with E-state index in [1.807, 2.05) is 12.1 Å². The Morgan fingerprint density at radius 2 is 2.12 bits per heavy atom. The van der Waals surface area contributed by atoms with Gasteiger partial charge in [0.15, 0.2) is 0 Å². The first kappa shape index (κ1) is 13.9. The Bertz CT molecular complexity index is 388. The van der Waals surface area contributed by atoms with Gasteiger partial charge in [-0.15, -0.1) is 0 Å². The summed E-state index contributed by atoms with van der Waals surface area (Å²) in [5.41, 5.74) is 0.898. The van der Waals surface area contributed by atoms with E-state index in [-0.39, 0.29) is 12.5 Å². The van der Waals surface area contributed by atoms with Crippen molar-refractivity contribution in [3.05, 3.63) is 23.9 Å². The molecule has 0 saturated carbocycles. The smallest absolute Gasteiger partial charge is 0.246 e. The van der Waals surface area contributed by atoms with Crippen LogP contribution in [0.15, 0.2) is 18.2 Å². The van der Waals surface area contributed by atoms with E-state index in [1.165, 1.54) is 7.11 Å². The summed E-state index contributed by atoms with van der Waals surface area (Å²) in [6.07, 6.45) is 0. The molecule has 4 nitrogen and oxygen atoms in total. The van der Waals surface area contributed by atoms with Crippen LogP contribution in [0.2, 0.25) is 19.6 Å². The summed E-state index contributed by atoms with van der Waals surface area (Å²) in [6, 6.07) is 5.99. The van der Waals surface area contributed by atoms with Gasteiger partial charge in [-0.1, -0.05) is 25.7 Å². The molecular formula is C12H20N2O2Si. The van der Waals surface area contributed by atoms with Crippen LogP contribution in [0.3, 0.4) is 0 Å². The Kier molecular flexibility index (Phi) is 4.83. The van der Waals surface area contributed by atoms with Crippen LogP contribution < -0.4 is 10.6 Å². The summed E-state index contributed by atoms with van der Waals surface area (Å²) in [4.78, 5) is 15.8. The highest BCUT2D eigenvalue weighted by Gasteiger charge is 2.18. The van der Waals surface area contributed by atoms with Crippen molar-refractivity contribution in [1.29, 1.82) is 0 Å². The summed E-state index contributed by atoms with van der Waals surface area (Å²) in [7, 11) is 0.119. The zero-order valence-corrected chi connectivity index (χ0v) is 11.9. The molecule has 0 atom stereocenters. The molecule has 1 rings (SSSR count). The van der Waals surface area contributed by atoms with Gasteiger partial charge in [0.05, 0.1) is 12.2 Å².